The number of imidazole rings is 1. The summed E-state index contributed by atoms with van der Waals surface area (Å²) in [5.41, 5.74) is 10.3. The van der Waals surface area contributed by atoms with E-state index in [9.17, 15) is 0 Å². The van der Waals surface area contributed by atoms with Crippen LogP contribution >= 0.6 is 0 Å². The van der Waals surface area contributed by atoms with Gasteiger partial charge in [0, 0.05) is 25.1 Å². The largest absolute Gasteiger partial charge is 0.486 e. The summed E-state index contributed by atoms with van der Waals surface area (Å²) >= 11 is 0. The Morgan fingerprint density at radius 3 is 2.64 bits per heavy atom. The molecule has 0 bridgehead atoms. The summed E-state index contributed by atoms with van der Waals surface area (Å²) in [6, 6.07) is 12.5. The molecule has 5 heteroatoms. The van der Waals surface area contributed by atoms with E-state index in [2.05, 4.69) is 41.8 Å². The summed E-state index contributed by atoms with van der Waals surface area (Å²) in [6.45, 7) is 4.78. The Morgan fingerprint density at radius 1 is 1.12 bits per heavy atom. The summed E-state index contributed by atoms with van der Waals surface area (Å²) in [6.07, 6.45) is 1.78. The molecule has 0 saturated carbocycles. The fourth-order valence-electron chi connectivity index (χ4n) is 3.30. The van der Waals surface area contributed by atoms with Crippen LogP contribution in [0.1, 0.15) is 23.4 Å². The number of nitrogens with zero attached hydrogens (tertiary/aromatic N) is 2. The molecule has 3 aromatic rings. The van der Waals surface area contributed by atoms with Gasteiger partial charge in [-0.05, 0) is 31.0 Å². The highest BCUT2D eigenvalue weighted by Gasteiger charge is 2.18. The van der Waals surface area contributed by atoms with E-state index in [-0.39, 0.29) is 0 Å². The summed E-state index contributed by atoms with van der Waals surface area (Å²) in [7, 11) is 0. The van der Waals surface area contributed by atoms with E-state index in [1.54, 1.807) is 0 Å². The molecule has 1 aliphatic rings. The second-order valence-electron chi connectivity index (χ2n) is 6.42. The van der Waals surface area contributed by atoms with Crippen molar-refractivity contribution < 1.29 is 9.47 Å². The van der Waals surface area contributed by atoms with Crippen LogP contribution in [0.3, 0.4) is 0 Å². The molecule has 2 aromatic carbocycles. The predicted molar refractivity (Wildman–Crippen MR) is 98.4 cm³/mol. The lowest BCUT2D eigenvalue weighted by Crippen LogP contribution is -2.15. The number of nitrogens with two attached hydrogens (primary N) is 1. The maximum absolute atomic E-state index is 5.76. The maximum atomic E-state index is 5.76. The summed E-state index contributed by atoms with van der Waals surface area (Å²) in [5, 5.41) is 0. The number of aromatic nitrogens is 2. The first-order valence-electron chi connectivity index (χ1n) is 8.79. The van der Waals surface area contributed by atoms with E-state index in [0.29, 0.717) is 19.8 Å². The van der Waals surface area contributed by atoms with Crippen molar-refractivity contribution in [3.8, 4) is 11.5 Å². The van der Waals surface area contributed by atoms with Crippen molar-refractivity contribution in [2.45, 2.75) is 26.3 Å². The van der Waals surface area contributed by atoms with Crippen LogP contribution in [0.4, 0.5) is 0 Å². The van der Waals surface area contributed by atoms with Crippen molar-refractivity contribution in [3.63, 3.8) is 0 Å². The maximum Gasteiger partial charge on any atom is 0.163 e. The van der Waals surface area contributed by atoms with Gasteiger partial charge in [0.15, 0.2) is 11.5 Å². The van der Waals surface area contributed by atoms with Crippen LogP contribution in [0.2, 0.25) is 0 Å². The molecular weight excluding hydrogens is 314 g/mol. The Morgan fingerprint density at radius 2 is 1.88 bits per heavy atom. The van der Waals surface area contributed by atoms with Crippen molar-refractivity contribution in [3.05, 3.63) is 53.3 Å². The van der Waals surface area contributed by atoms with E-state index in [0.717, 1.165) is 47.7 Å². The third-order valence-electron chi connectivity index (χ3n) is 4.69. The van der Waals surface area contributed by atoms with Crippen LogP contribution in [0.25, 0.3) is 11.0 Å². The highest BCUT2D eigenvalue weighted by Crippen LogP contribution is 2.35. The fourth-order valence-corrected chi connectivity index (χ4v) is 3.30. The molecule has 2 N–H and O–H groups in total. The number of ether oxygens (including phenoxy) is 2. The average molecular weight is 337 g/mol. The second kappa shape index (κ2) is 6.76. The van der Waals surface area contributed by atoms with Gasteiger partial charge in [-0.15, -0.1) is 0 Å². The standard InChI is InChI=1S/C20H23N3O2/c1-14-5-2-3-6-15(14)13-23-17-12-19-18(24-9-10-25-19)11-16(17)22-20(23)7-4-8-21/h2-3,5-6,11-12H,4,7-10,13,21H2,1H3. The molecule has 0 aliphatic carbocycles. The van der Waals surface area contributed by atoms with Crippen LogP contribution < -0.4 is 15.2 Å². The lowest BCUT2D eigenvalue weighted by Gasteiger charge is -2.18. The molecule has 25 heavy (non-hydrogen) atoms. The van der Waals surface area contributed by atoms with Crippen molar-refractivity contribution in [1.29, 1.82) is 0 Å². The first-order valence-corrected chi connectivity index (χ1v) is 8.79. The molecule has 0 atom stereocenters. The molecule has 0 saturated heterocycles. The summed E-state index contributed by atoms with van der Waals surface area (Å²) < 4.78 is 13.8. The Hall–Kier alpha value is -2.53. The molecule has 0 amide bonds. The Balaban J connectivity index is 1.82. The molecule has 1 aromatic heterocycles. The number of hydrogen-bond acceptors (Lipinski definition) is 4. The number of rotatable bonds is 5. The van der Waals surface area contributed by atoms with Crippen molar-refractivity contribution in [2.24, 2.45) is 5.73 Å². The zero-order chi connectivity index (χ0) is 17.2. The van der Waals surface area contributed by atoms with E-state index in [1.165, 1.54) is 11.1 Å². The lowest BCUT2D eigenvalue weighted by atomic mass is 10.1. The van der Waals surface area contributed by atoms with E-state index >= 15 is 0 Å². The normalized spacial score (nSPS) is 13.4. The number of hydrogen-bond donors (Lipinski definition) is 1. The molecular formula is C20H23N3O2. The number of benzene rings is 2. The average Bonchev–Trinajstić information content (AvgIpc) is 2.96. The Labute approximate surface area is 147 Å². The van der Waals surface area contributed by atoms with E-state index in [4.69, 9.17) is 20.2 Å². The lowest BCUT2D eigenvalue weighted by molar-refractivity contribution is 0.172. The van der Waals surface area contributed by atoms with Gasteiger partial charge in [-0.3, -0.25) is 0 Å². The molecule has 0 unspecified atom stereocenters. The minimum Gasteiger partial charge on any atom is -0.486 e. The molecule has 0 fully saturated rings. The Kier molecular flexibility index (Phi) is 4.32. The van der Waals surface area contributed by atoms with Gasteiger partial charge < -0.3 is 19.8 Å². The zero-order valence-corrected chi connectivity index (χ0v) is 14.5. The van der Waals surface area contributed by atoms with Crippen molar-refractivity contribution in [2.75, 3.05) is 19.8 Å². The number of aryl methyl sites for hydroxylation is 2. The first kappa shape index (κ1) is 16.0. The smallest absolute Gasteiger partial charge is 0.163 e. The van der Waals surface area contributed by atoms with Gasteiger partial charge in [0.25, 0.3) is 0 Å². The highest BCUT2D eigenvalue weighted by molar-refractivity contribution is 5.81. The number of fused-ring (bicyclic) bond motifs is 2. The minimum absolute atomic E-state index is 0.586. The third-order valence-corrected chi connectivity index (χ3v) is 4.69. The van der Waals surface area contributed by atoms with Crippen molar-refractivity contribution >= 4 is 11.0 Å². The Bertz CT molecular complexity index is 901. The minimum atomic E-state index is 0.586. The molecule has 5 nitrogen and oxygen atoms in total. The quantitative estimate of drug-likeness (QED) is 0.777. The topological polar surface area (TPSA) is 62.3 Å². The van der Waals surface area contributed by atoms with Gasteiger partial charge in [0.1, 0.15) is 19.0 Å². The summed E-state index contributed by atoms with van der Waals surface area (Å²) in [5.74, 6) is 2.64. The first-order chi connectivity index (χ1) is 12.3. The monoisotopic (exact) mass is 337 g/mol. The van der Waals surface area contributed by atoms with Crippen LogP contribution in [-0.2, 0) is 13.0 Å². The fraction of sp³-hybridized carbons (Fsp3) is 0.350. The molecule has 0 radical (unpaired) electrons. The van der Waals surface area contributed by atoms with Gasteiger partial charge in [-0.25, -0.2) is 4.98 Å². The van der Waals surface area contributed by atoms with Gasteiger partial charge in [-0.1, -0.05) is 24.3 Å². The molecule has 1 aliphatic heterocycles. The van der Waals surface area contributed by atoms with Crippen LogP contribution in [0.5, 0.6) is 11.5 Å². The van der Waals surface area contributed by atoms with Gasteiger partial charge in [0.05, 0.1) is 11.0 Å². The van der Waals surface area contributed by atoms with Gasteiger partial charge >= 0.3 is 0 Å². The van der Waals surface area contributed by atoms with E-state index < -0.39 is 0 Å². The van der Waals surface area contributed by atoms with Gasteiger partial charge in [0.2, 0.25) is 0 Å². The highest BCUT2D eigenvalue weighted by atomic mass is 16.6. The third kappa shape index (κ3) is 3.07. The van der Waals surface area contributed by atoms with E-state index in [1.807, 2.05) is 6.07 Å². The van der Waals surface area contributed by atoms with Crippen LogP contribution in [0.15, 0.2) is 36.4 Å². The molecule has 2 heterocycles. The summed E-state index contributed by atoms with van der Waals surface area (Å²) in [4.78, 5) is 4.86. The molecule has 4 rings (SSSR count). The van der Waals surface area contributed by atoms with Crippen LogP contribution in [0, 0.1) is 6.92 Å². The van der Waals surface area contributed by atoms with Gasteiger partial charge in [-0.2, -0.15) is 0 Å². The second-order valence-corrected chi connectivity index (χ2v) is 6.42. The molecule has 130 valence electrons. The van der Waals surface area contributed by atoms with Crippen LogP contribution in [-0.4, -0.2) is 29.3 Å². The predicted octanol–water partition coefficient (Wildman–Crippen LogP) is 3.06. The zero-order valence-electron chi connectivity index (χ0n) is 14.5. The molecule has 0 spiro atoms. The van der Waals surface area contributed by atoms with Crippen molar-refractivity contribution in [1.82, 2.24) is 9.55 Å². The SMILES string of the molecule is Cc1ccccc1Cn1c(CCCN)nc2cc3c(cc21)OCCO3.